The predicted octanol–water partition coefficient (Wildman–Crippen LogP) is 5.04. The van der Waals surface area contributed by atoms with Crippen molar-refractivity contribution >= 4 is 68.2 Å². The predicted molar refractivity (Wildman–Crippen MR) is 127 cm³/mol. The molecule has 3 heterocycles. The van der Waals surface area contributed by atoms with E-state index in [-0.39, 0.29) is 5.91 Å². The highest BCUT2D eigenvalue weighted by Gasteiger charge is 2.18. The zero-order chi connectivity index (χ0) is 21.7. The molecular formula is C21H18N4O2S3. The Labute approximate surface area is 186 Å². The molecule has 0 saturated carbocycles. The fraction of sp³-hybridized carbons (Fsp3) is 0.143. The first-order valence-corrected chi connectivity index (χ1v) is 11.4. The molecule has 152 valence electrons. The van der Waals surface area contributed by atoms with Crippen LogP contribution in [0, 0.1) is 11.7 Å². The number of nitrogens with one attached hydrogen (secondary N) is 1. The van der Waals surface area contributed by atoms with E-state index in [2.05, 4.69) is 15.7 Å². The Hall–Kier alpha value is -2.93. The molecule has 3 aromatic rings. The number of carbonyl (C=O) groups is 2. The summed E-state index contributed by atoms with van der Waals surface area (Å²) >= 11 is 4.35. The number of hydrogen-bond acceptors (Lipinski definition) is 8. The molecule has 1 amide bonds. The minimum atomic E-state index is -0.365. The average Bonchev–Trinajstić information content (AvgIpc) is 3.41. The van der Waals surface area contributed by atoms with E-state index in [1.165, 1.54) is 34.2 Å². The van der Waals surface area contributed by atoms with E-state index in [1.54, 1.807) is 25.3 Å². The zero-order valence-corrected chi connectivity index (χ0v) is 19.0. The number of aldehydes is 1. The Morgan fingerprint density at radius 3 is 2.80 bits per heavy atom. The first-order chi connectivity index (χ1) is 14.4. The zero-order valence-electron chi connectivity index (χ0n) is 16.5. The maximum atomic E-state index is 12.4. The van der Waals surface area contributed by atoms with Crippen LogP contribution in [0.1, 0.15) is 19.7 Å². The van der Waals surface area contributed by atoms with Gasteiger partial charge in [0.15, 0.2) is 11.6 Å². The van der Waals surface area contributed by atoms with Crippen LogP contribution in [0.15, 0.2) is 40.0 Å². The fourth-order valence-electron chi connectivity index (χ4n) is 2.53. The highest BCUT2D eigenvalue weighted by Crippen LogP contribution is 2.39. The highest BCUT2D eigenvalue weighted by molar-refractivity contribution is 8.06. The number of hydrogen-bond donors (Lipinski definition) is 1. The van der Waals surface area contributed by atoms with Crippen molar-refractivity contribution < 1.29 is 9.59 Å². The largest absolute Gasteiger partial charge is 0.298 e. The van der Waals surface area contributed by atoms with Crippen molar-refractivity contribution in [2.24, 2.45) is 0 Å². The third-order valence-corrected chi connectivity index (χ3v) is 6.40. The molecular weight excluding hydrogens is 436 g/mol. The van der Waals surface area contributed by atoms with Gasteiger partial charge in [-0.2, -0.15) is 0 Å². The summed E-state index contributed by atoms with van der Waals surface area (Å²) in [5, 5.41) is 10.5. The minimum Gasteiger partial charge on any atom is -0.298 e. The molecule has 0 aliphatic heterocycles. The standard InChI is InChI=1S/C21H18N4O2S3/c1-5-28-11-14(3)19-22-20(24-25(4)17(27)9-13(2)10-26)18-15(12-30-21(18)23-19)16-7-6-8-29-16/h1,6-12H,2-4H3,(H,22,23,24)/b13-9-,14-11+. The molecule has 0 radical (unpaired) electrons. The number of likely N-dealkylation sites (N-methyl/N-ethyl adjacent to an activating group) is 1. The molecule has 0 aliphatic carbocycles. The van der Waals surface area contributed by atoms with Gasteiger partial charge < -0.3 is 0 Å². The monoisotopic (exact) mass is 454 g/mol. The van der Waals surface area contributed by atoms with Crippen LogP contribution in [0.5, 0.6) is 0 Å². The fourth-order valence-corrected chi connectivity index (χ4v) is 4.64. The third kappa shape index (κ3) is 4.79. The van der Waals surface area contributed by atoms with E-state index in [0.717, 1.165) is 26.2 Å². The van der Waals surface area contributed by atoms with Gasteiger partial charge in [0.25, 0.3) is 5.91 Å². The lowest BCUT2D eigenvalue weighted by Crippen LogP contribution is -2.31. The van der Waals surface area contributed by atoms with Gasteiger partial charge in [0.05, 0.1) is 5.39 Å². The molecule has 0 aromatic carbocycles. The second-order valence-corrected chi connectivity index (χ2v) is 8.77. The summed E-state index contributed by atoms with van der Waals surface area (Å²) in [5.74, 6) is 0.662. The van der Waals surface area contributed by atoms with Gasteiger partial charge in [0.1, 0.15) is 11.1 Å². The van der Waals surface area contributed by atoms with Crippen molar-refractivity contribution in [3.8, 4) is 22.1 Å². The molecule has 0 saturated heterocycles. The Bertz CT molecular complexity index is 1190. The number of thioether (sulfide) groups is 1. The normalized spacial score (nSPS) is 11.9. The van der Waals surface area contributed by atoms with Crippen molar-refractivity contribution in [2.45, 2.75) is 13.8 Å². The number of rotatable bonds is 7. The quantitative estimate of drug-likeness (QED) is 0.233. The molecule has 0 unspecified atom stereocenters. The molecule has 0 atom stereocenters. The third-order valence-electron chi connectivity index (χ3n) is 4.02. The van der Waals surface area contributed by atoms with Crippen LogP contribution < -0.4 is 5.43 Å². The number of aromatic nitrogens is 2. The SMILES string of the molecule is C#CS/C=C(\C)c1nc(NN(C)C(=O)/C=C(/C)C=O)c2c(-c3cccs3)csc2n1. The molecule has 0 fully saturated rings. The molecule has 0 bridgehead atoms. The lowest BCUT2D eigenvalue weighted by molar-refractivity contribution is -0.123. The van der Waals surface area contributed by atoms with Crippen LogP contribution in [0.4, 0.5) is 5.82 Å². The van der Waals surface area contributed by atoms with Crippen LogP contribution in [0.25, 0.3) is 26.2 Å². The molecule has 3 aromatic heterocycles. The summed E-state index contributed by atoms with van der Waals surface area (Å²) in [5.41, 5.74) is 5.22. The van der Waals surface area contributed by atoms with Gasteiger partial charge in [-0.15, -0.1) is 29.1 Å². The molecule has 1 N–H and O–H groups in total. The first kappa shape index (κ1) is 21.8. The van der Waals surface area contributed by atoms with Gasteiger partial charge in [-0.3, -0.25) is 20.0 Å². The van der Waals surface area contributed by atoms with Crippen molar-refractivity contribution in [1.82, 2.24) is 15.0 Å². The van der Waals surface area contributed by atoms with Crippen LogP contribution >= 0.6 is 34.4 Å². The highest BCUT2D eigenvalue weighted by atomic mass is 32.2. The number of amides is 1. The summed E-state index contributed by atoms with van der Waals surface area (Å²) in [4.78, 5) is 34.5. The number of anilines is 1. The number of terminal acetylenes is 1. The van der Waals surface area contributed by atoms with E-state index in [1.807, 2.05) is 35.2 Å². The van der Waals surface area contributed by atoms with E-state index in [9.17, 15) is 9.59 Å². The summed E-state index contributed by atoms with van der Waals surface area (Å²) in [6.07, 6.45) is 7.23. The minimum absolute atomic E-state index is 0.335. The summed E-state index contributed by atoms with van der Waals surface area (Å²) < 4.78 is 0. The Balaban J connectivity index is 2.11. The van der Waals surface area contributed by atoms with Gasteiger partial charge in [-0.05, 0) is 53.3 Å². The second-order valence-electron chi connectivity index (χ2n) is 6.25. The molecule has 30 heavy (non-hydrogen) atoms. The second kappa shape index (κ2) is 9.71. The number of allylic oxidation sites excluding steroid dienone is 2. The number of thiophene rings is 2. The Morgan fingerprint density at radius 2 is 2.13 bits per heavy atom. The summed E-state index contributed by atoms with van der Waals surface area (Å²) in [6.45, 7) is 3.46. The average molecular weight is 455 g/mol. The number of fused-ring (bicyclic) bond motifs is 1. The summed E-state index contributed by atoms with van der Waals surface area (Å²) in [6, 6.07) is 4.02. The van der Waals surface area contributed by atoms with Gasteiger partial charge in [0, 0.05) is 34.5 Å². The maximum Gasteiger partial charge on any atom is 0.265 e. The summed E-state index contributed by atoms with van der Waals surface area (Å²) in [7, 11) is 1.58. The molecule has 6 nitrogen and oxygen atoms in total. The smallest absolute Gasteiger partial charge is 0.265 e. The maximum absolute atomic E-state index is 12.4. The van der Waals surface area contributed by atoms with E-state index in [4.69, 9.17) is 11.4 Å². The van der Waals surface area contributed by atoms with Gasteiger partial charge in [-0.25, -0.2) is 9.97 Å². The number of carbonyl (C=O) groups excluding carboxylic acids is 2. The van der Waals surface area contributed by atoms with Crippen molar-refractivity contribution in [1.29, 1.82) is 0 Å². The van der Waals surface area contributed by atoms with Gasteiger partial charge >= 0.3 is 0 Å². The van der Waals surface area contributed by atoms with E-state index in [0.29, 0.717) is 23.5 Å². The van der Waals surface area contributed by atoms with Gasteiger partial charge in [0.2, 0.25) is 0 Å². The van der Waals surface area contributed by atoms with Crippen LogP contribution in [0.2, 0.25) is 0 Å². The molecule has 0 aliphatic rings. The van der Waals surface area contributed by atoms with Crippen LogP contribution in [0.3, 0.4) is 0 Å². The number of hydrazine groups is 1. The Kier molecular flexibility index (Phi) is 7.05. The lowest BCUT2D eigenvalue weighted by Gasteiger charge is -2.19. The Morgan fingerprint density at radius 1 is 1.33 bits per heavy atom. The number of nitrogens with zero attached hydrogens (tertiary/aromatic N) is 3. The van der Waals surface area contributed by atoms with Crippen molar-refractivity contribution in [3.63, 3.8) is 0 Å². The molecule has 9 heteroatoms. The van der Waals surface area contributed by atoms with Gasteiger partial charge in [-0.1, -0.05) is 6.07 Å². The van der Waals surface area contributed by atoms with Crippen LogP contribution in [-0.2, 0) is 9.59 Å². The lowest BCUT2D eigenvalue weighted by atomic mass is 10.2. The van der Waals surface area contributed by atoms with Crippen LogP contribution in [-0.4, -0.2) is 34.2 Å². The van der Waals surface area contributed by atoms with Crippen molar-refractivity contribution in [2.75, 3.05) is 12.5 Å². The topological polar surface area (TPSA) is 75.2 Å². The molecule has 0 spiro atoms. The van der Waals surface area contributed by atoms with E-state index >= 15 is 0 Å². The first-order valence-electron chi connectivity index (χ1n) is 8.74. The van der Waals surface area contributed by atoms with Crippen molar-refractivity contribution in [3.05, 3.63) is 45.8 Å². The van der Waals surface area contributed by atoms with E-state index < -0.39 is 0 Å². The molecule has 3 rings (SSSR count).